The van der Waals surface area contributed by atoms with E-state index in [0.717, 1.165) is 12.8 Å². The molecule has 0 aromatic heterocycles. The molecule has 0 nitrogen and oxygen atoms in total. The molecule has 0 N–H and O–H groups in total. The fraction of sp³-hybridized carbons (Fsp3) is 0.600. The van der Waals surface area contributed by atoms with Gasteiger partial charge in [0.05, 0.1) is 0 Å². The average Bonchev–Trinajstić information content (AvgIpc) is 1.41. The predicted molar refractivity (Wildman–Crippen MR) is 33.3 cm³/mol. The molecule has 0 saturated carbocycles. The van der Waals surface area contributed by atoms with Crippen LogP contribution in [-0.2, 0) is 33.0 Å². The van der Waals surface area contributed by atoms with Gasteiger partial charge in [0.2, 0.25) is 0 Å². The van der Waals surface area contributed by atoms with Crippen LogP contribution in [0.3, 0.4) is 0 Å². The zero-order valence-electron chi connectivity index (χ0n) is 4.32. The Kier molecular flexibility index (Phi) is 35.3. The van der Waals surface area contributed by atoms with Crippen LogP contribution in [0.5, 0.6) is 0 Å². The van der Waals surface area contributed by atoms with Crippen LogP contribution in [0.1, 0.15) is 19.3 Å². The molecule has 0 spiro atoms. The smallest absolute Gasteiger partial charge is 0.813 e. The summed E-state index contributed by atoms with van der Waals surface area (Å²) < 4.78 is 0. The molecule has 0 amide bonds. The van der Waals surface area contributed by atoms with Crippen LogP contribution in [0.2, 0.25) is 0 Å². The van der Waals surface area contributed by atoms with Crippen molar-refractivity contribution in [1.29, 1.82) is 0 Å². The van der Waals surface area contributed by atoms with E-state index >= 15 is 0 Å². The fourth-order valence-corrected chi connectivity index (χ4v) is 0.177. The van der Waals surface area contributed by atoms with Gasteiger partial charge in [-0.1, -0.05) is 0 Å². The number of thiol groups is 1. The standard InChI is InChI=1S/C5H10.Rh.H2S/c1-3-5-4-2;;/h1-5H2;;1H2/q-2;+3;/p-1. The van der Waals surface area contributed by atoms with Crippen LogP contribution in [0.15, 0.2) is 0 Å². The second kappa shape index (κ2) is 15.8. The quantitative estimate of drug-likeness (QED) is 0.286. The summed E-state index contributed by atoms with van der Waals surface area (Å²) in [6.07, 6.45) is 3.23. The monoisotopic (exact) mass is 206 g/mol. The number of rotatable bonds is 2. The maximum absolute atomic E-state index is 3.64. The van der Waals surface area contributed by atoms with E-state index in [1.807, 2.05) is 0 Å². The Morgan fingerprint density at radius 1 is 1.00 bits per heavy atom. The molecular weight excluding hydrogens is 195 g/mol. The fourth-order valence-electron chi connectivity index (χ4n) is 0.177. The van der Waals surface area contributed by atoms with Gasteiger partial charge in [0.15, 0.2) is 0 Å². The Bertz CT molecular complexity index is 15.6. The molecule has 0 heterocycles. The molecular formula is C5H11RhS. The summed E-state index contributed by atoms with van der Waals surface area (Å²) in [7, 11) is 0. The van der Waals surface area contributed by atoms with Crippen molar-refractivity contribution < 1.29 is 19.5 Å². The van der Waals surface area contributed by atoms with Gasteiger partial charge in [0.25, 0.3) is 0 Å². The molecule has 2 heteroatoms. The van der Waals surface area contributed by atoms with Crippen LogP contribution in [-0.4, -0.2) is 0 Å². The van der Waals surface area contributed by atoms with Crippen LogP contribution >= 0.6 is 0 Å². The van der Waals surface area contributed by atoms with Crippen molar-refractivity contribution in [1.82, 2.24) is 0 Å². The summed E-state index contributed by atoms with van der Waals surface area (Å²) in [5.41, 5.74) is 0. The molecule has 46 valence electrons. The van der Waals surface area contributed by atoms with Gasteiger partial charge in [-0.3, -0.25) is 0 Å². The Balaban J connectivity index is -0.0000000800. The van der Waals surface area contributed by atoms with Crippen molar-refractivity contribution in [2.45, 2.75) is 19.3 Å². The summed E-state index contributed by atoms with van der Waals surface area (Å²) in [5.74, 6) is 0. The molecule has 7 heavy (non-hydrogen) atoms. The maximum atomic E-state index is 3.64. The largest absolute Gasteiger partial charge is 3.00 e. The Labute approximate surface area is 66.3 Å². The van der Waals surface area contributed by atoms with E-state index in [-0.39, 0.29) is 33.0 Å². The van der Waals surface area contributed by atoms with Gasteiger partial charge in [-0.25, -0.2) is 0 Å². The minimum Gasteiger partial charge on any atom is -0.813 e. The average molecular weight is 206 g/mol. The first-order chi connectivity index (χ1) is 2.41. The van der Waals surface area contributed by atoms with Crippen molar-refractivity contribution >= 4 is 13.5 Å². The molecule has 0 unspecified atom stereocenters. The molecule has 0 rings (SSSR count). The van der Waals surface area contributed by atoms with Gasteiger partial charge in [-0.2, -0.15) is 12.8 Å². The van der Waals surface area contributed by atoms with Gasteiger partial charge in [-0.05, 0) is 0 Å². The second-order valence-electron chi connectivity index (χ2n) is 1.06. The first-order valence-corrected chi connectivity index (χ1v) is 2.00. The zero-order chi connectivity index (χ0) is 4.12. The Hall–Kier alpha value is 0.973. The number of hydrogen-bond donors (Lipinski definition) is 0. The van der Waals surface area contributed by atoms with Crippen molar-refractivity contribution in [2.75, 3.05) is 0 Å². The van der Waals surface area contributed by atoms with E-state index in [2.05, 4.69) is 13.8 Å². The first-order valence-electron chi connectivity index (χ1n) is 2.00. The zero-order valence-corrected chi connectivity index (χ0v) is 6.85. The molecule has 0 fully saturated rings. The molecule has 0 aliphatic rings. The van der Waals surface area contributed by atoms with E-state index in [1.54, 1.807) is 0 Å². The third-order valence-corrected chi connectivity index (χ3v) is 0.500. The molecule has 0 aromatic rings. The van der Waals surface area contributed by atoms with Crippen LogP contribution in [0.4, 0.5) is 0 Å². The van der Waals surface area contributed by atoms with Crippen molar-refractivity contribution in [3.63, 3.8) is 0 Å². The molecule has 0 bridgehead atoms. The van der Waals surface area contributed by atoms with Crippen LogP contribution < -0.4 is 0 Å². The minimum absolute atomic E-state index is 0. The van der Waals surface area contributed by atoms with Crippen molar-refractivity contribution in [3.05, 3.63) is 13.8 Å². The summed E-state index contributed by atoms with van der Waals surface area (Å²) in [5, 5.41) is 0. The van der Waals surface area contributed by atoms with Gasteiger partial charge in [0, 0.05) is 0 Å². The molecule has 0 aliphatic heterocycles. The summed E-state index contributed by atoms with van der Waals surface area (Å²) in [4.78, 5) is 0. The van der Waals surface area contributed by atoms with Gasteiger partial charge >= 0.3 is 19.5 Å². The van der Waals surface area contributed by atoms with E-state index in [0.29, 0.717) is 0 Å². The second-order valence-corrected chi connectivity index (χ2v) is 1.06. The molecule has 0 aromatic carbocycles. The summed E-state index contributed by atoms with van der Waals surface area (Å²) in [6.45, 7) is 7.27. The van der Waals surface area contributed by atoms with E-state index in [1.165, 1.54) is 6.42 Å². The van der Waals surface area contributed by atoms with E-state index < -0.39 is 0 Å². The SMILES string of the molecule is [CH2-]CCC[CH2-].[Rh+3].[SH-]. The van der Waals surface area contributed by atoms with Crippen molar-refractivity contribution in [2.24, 2.45) is 0 Å². The molecule has 0 atom stereocenters. The van der Waals surface area contributed by atoms with Gasteiger partial charge < -0.3 is 27.3 Å². The Morgan fingerprint density at radius 3 is 1.29 bits per heavy atom. The van der Waals surface area contributed by atoms with Crippen LogP contribution in [0.25, 0.3) is 0 Å². The van der Waals surface area contributed by atoms with Gasteiger partial charge in [0.1, 0.15) is 0 Å². The topological polar surface area (TPSA) is 0 Å². The van der Waals surface area contributed by atoms with Crippen LogP contribution in [0, 0.1) is 13.8 Å². The first kappa shape index (κ1) is 15.7. The van der Waals surface area contributed by atoms with Crippen molar-refractivity contribution in [3.8, 4) is 0 Å². The van der Waals surface area contributed by atoms with E-state index in [4.69, 9.17) is 0 Å². The summed E-state index contributed by atoms with van der Waals surface area (Å²) >= 11 is 0. The van der Waals surface area contributed by atoms with E-state index in [9.17, 15) is 0 Å². The minimum atomic E-state index is 0. The third-order valence-electron chi connectivity index (χ3n) is 0.500. The predicted octanol–water partition coefficient (Wildman–Crippen LogP) is 1.55. The number of hydrogen-bond acceptors (Lipinski definition) is 1. The maximum Gasteiger partial charge on any atom is 3.00 e. The molecule has 0 radical (unpaired) electrons. The summed E-state index contributed by atoms with van der Waals surface area (Å²) in [6, 6.07) is 0. The normalized spacial score (nSPS) is 6.00. The molecule has 0 aliphatic carbocycles. The Morgan fingerprint density at radius 2 is 1.29 bits per heavy atom. The van der Waals surface area contributed by atoms with Gasteiger partial charge in [-0.15, -0.1) is 6.42 Å². The molecule has 0 saturated heterocycles. The third kappa shape index (κ3) is 19.5. The number of unbranched alkanes of at least 4 members (excludes halogenated alkanes) is 2.